The fraction of sp³-hybridized carbons (Fsp3) is 0.400. The summed E-state index contributed by atoms with van der Waals surface area (Å²) in [7, 11) is 0. The minimum atomic E-state index is -0.717. The zero-order valence-electron chi connectivity index (χ0n) is 19.4. The summed E-state index contributed by atoms with van der Waals surface area (Å²) in [6.07, 6.45) is 0. The van der Waals surface area contributed by atoms with Gasteiger partial charge in [0, 0.05) is 55.5 Å². The predicted octanol–water partition coefficient (Wildman–Crippen LogP) is 3.15. The second-order valence-electron chi connectivity index (χ2n) is 9.18. The van der Waals surface area contributed by atoms with Crippen molar-refractivity contribution in [2.45, 2.75) is 26.2 Å². The first-order valence-corrected chi connectivity index (χ1v) is 11.5. The quantitative estimate of drug-likeness (QED) is 0.658. The van der Waals surface area contributed by atoms with Crippen molar-refractivity contribution in [2.75, 3.05) is 44.6 Å². The SMILES string of the molecule is CC(C)(C)c1ccc(C(=O)N2CCN(CCNC(=O)C(=O)Nc3ccc(Cl)cc3)CC2)cc1. The van der Waals surface area contributed by atoms with Gasteiger partial charge in [-0.05, 0) is 47.4 Å². The van der Waals surface area contributed by atoms with Crippen LogP contribution < -0.4 is 10.6 Å². The van der Waals surface area contributed by atoms with Gasteiger partial charge in [0.05, 0.1) is 0 Å². The second-order valence-corrected chi connectivity index (χ2v) is 9.61. The van der Waals surface area contributed by atoms with Gasteiger partial charge in [-0.15, -0.1) is 0 Å². The zero-order valence-corrected chi connectivity index (χ0v) is 20.1. The van der Waals surface area contributed by atoms with Gasteiger partial charge in [0.2, 0.25) is 0 Å². The zero-order chi connectivity index (χ0) is 24.0. The second kappa shape index (κ2) is 10.8. The highest BCUT2D eigenvalue weighted by Crippen LogP contribution is 2.22. The van der Waals surface area contributed by atoms with Crippen LogP contribution in [0.5, 0.6) is 0 Å². The van der Waals surface area contributed by atoms with Crippen molar-refractivity contribution in [3.05, 3.63) is 64.7 Å². The molecule has 1 aliphatic rings. The van der Waals surface area contributed by atoms with Crippen LogP contribution in [0.15, 0.2) is 48.5 Å². The summed E-state index contributed by atoms with van der Waals surface area (Å²) in [5, 5.41) is 5.73. The van der Waals surface area contributed by atoms with Crippen LogP contribution in [-0.2, 0) is 15.0 Å². The maximum Gasteiger partial charge on any atom is 0.313 e. The third-order valence-corrected chi connectivity index (χ3v) is 5.93. The number of anilines is 1. The van der Waals surface area contributed by atoms with Crippen LogP contribution in [-0.4, -0.2) is 66.8 Å². The number of nitrogens with zero attached hydrogens (tertiary/aromatic N) is 2. The van der Waals surface area contributed by atoms with E-state index in [2.05, 4.69) is 36.3 Å². The Morgan fingerprint density at radius 2 is 1.48 bits per heavy atom. The first-order chi connectivity index (χ1) is 15.6. The van der Waals surface area contributed by atoms with Crippen LogP contribution in [0.1, 0.15) is 36.7 Å². The van der Waals surface area contributed by atoms with E-state index in [9.17, 15) is 14.4 Å². The summed E-state index contributed by atoms with van der Waals surface area (Å²) >= 11 is 5.81. The lowest BCUT2D eigenvalue weighted by Gasteiger charge is -2.34. The van der Waals surface area contributed by atoms with Gasteiger partial charge in [-0.3, -0.25) is 19.3 Å². The fourth-order valence-corrected chi connectivity index (χ4v) is 3.72. The Morgan fingerprint density at radius 3 is 2.06 bits per heavy atom. The molecular weight excluding hydrogens is 440 g/mol. The molecule has 2 aromatic rings. The Bertz CT molecular complexity index is 976. The van der Waals surface area contributed by atoms with Gasteiger partial charge in [0.1, 0.15) is 0 Å². The maximum atomic E-state index is 12.8. The number of rotatable bonds is 5. The molecular formula is C25H31ClN4O3. The number of benzene rings is 2. The summed E-state index contributed by atoms with van der Waals surface area (Å²) in [4.78, 5) is 40.9. The fourth-order valence-electron chi connectivity index (χ4n) is 3.60. The minimum Gasteiger partial charge on any atom is -0.347 e. The van der Waals surface area contributed by atoms with Gasteiger partial charge in [-0.1, -0.05) is 44.5 Å². The lowest BCUT2D eigenvalue weighted by molar-refractivity contribution is -0.136. The molecule has 0 radical (unpaired) electrons. The average Bonchev–Trinajstić information content (AvgIpc) is 2.80. The van der Waals surface area contributed by atoms with Crippen LogP contribution in [0, 0.1) is 0 Å². The molecule has 8 heteroatoms. The third kappa shape index (κ3) is 7.04. The van der Waals surface area contributed by atoms with E-state index in [1.54, 1.807) is 24.3 Å². The molecule has 0 atom stereocenters. The van der Waals surface area contributed by atoms with E-state index in [0.29, 0.717) is 42.5 Å². The molecule has 0 aromatic heterocycles. The van der Waals surface area contributed by atoms with Crippen molar-refractivity contribution >= 4 is 35.0 Å². The Morgan fingerprint density at radius 1 is 0.879 bits per heavy atom. The number of nitrogens with one attached hydrogen (secondary N) is 2. The van der Waals surface area contributed by atoms with Crippen LogP contribution >= 0.6 is 11.6 Å². The molecule has 0 saturated carbocycles. The molecule has 7 nitrogen and oxygen atoms in total. The Labute approximate surface area is 200 Å². The smallest absolute Gasteiger partial charge is 0.313 e. The Hall–Kier alpha value is -2.90. The minimum absolute atomic E-state index is 0.0438. The molecule has 3 amide bonds. The predicted molar refractivity (Wildman–Crippen MR) is 131 cm³/mol. The van der Waals surface area contributed by atoms with Gasteiger partial charge < -0.3 is 15.5 Å². The van der Waals surface area contributed by atoms with Crippen molar-refractivity contribution in [2.24, 2.45) is 0 Å². The van der Waals surface area contributed by atoms with Gasteiger partial charge >= 0.3 is 11.8 Å². The molecule has 1 fully saturated rings. The number of carbonyl (C=O) groups is 3. The van der Waals surface area contributed by atoms with Gasteiger partial charge in [0.15, 0.2) is 0 Å². The molecule has 0 bridgehead atoms. The molecule has 1 saturated heterocycles. The standard InChI is InChI=1S/C25H31ClN4O3/c1-25(2,3)19-6-4-18(5-7-19)24(33)30-16-14-29(15-17-30)13-12-27-22(31)23(32)28-21-10-8-20(26)9-11-21/h4-11H,12-17H2,1-3H3,(H,27,31)(H,28,32). The van der Waals surface area contributed by atoms with Crippen LogP contribution in [0.25, 0.3) is 0 Å². The van der Waals surface area contributed by atoms with Crippen LogP contribution in [0.2, 0.25) is 5.02 Å². The molecule has 176 valence electrons. The molecule has 3 rings (SSSR count). The summed E-state index contributed by atoms with van der Waals surface area (Å²) in [5.41, 5.74) is 2.47. The number of halogens is 1. The van der Waals surface area contributed by atoms with E-state index in [-0.39, 0.29) is 11.3 Å². The van der Waals surface area contributed by atoms with Crippen molar-refractivity contribution in [3.8, 4) is 0 Å². The highest BCUT2D eigenvalue weighted by Gasteiger charge is 2.23. The lowest BCUT2D eigenvalue weighted by Crippen LogP contribution is -2.50. The summed E-state index contributed by atoms with van der Waals surface area (Å²) in [6, 6.07) is 14.4. The van der Waals surface area contributed by atoms with Crippen molar-refractivity contribution in [1.29, 1.82) is 0 Å². The van der Waals surface area contributed by atoms with Crippen LogP contribution in [0.3, 0.4) is 0 Å². The number of carbonyl (C=O) groups excluding carboxylic acids is 3. The van der Waals surface area contributed by atoms with E-state index in [1.165, 1.54) is 5.56 Å². The molecule has 0 spiro atoms. The van der Waals surface area contributed by atoms with E-state index in [4.69, 9.17) is 11.6 Å². The van der Waals surface area contributed by atoms with Crippen LogP contribution in [0.4, 0.5) is 5.69 Å². The normalized spacial score (nSPS) is 14.6. The Balaban J connectivity index is 1.38. The first kappa shape index (κ1) is 24.7. The van der Waals surface area contributed by atoms with E-state index in [0.717, 1.165) is 13.1 Å². The number of amides is 3. The van der Waals surface area contributed by atoms with Gasteiger partial charge in [-0.2, -0.15) is 0 Å². The molecule has 2 N–H and O–H groups in total. The third-order valence-electron chi connectivity index (χ3n) is 5.68. The first-order valence-electron chi connectivity index (χ1n) is 11.1. The molecule has 1 heterocycles. The number of hydrogen-bond acceptors (Lipinski definition) is 4. The van der Waals surface area contributed by atoms with Crippen molar-refractivity contribution in [3.63, 3.8) is 0 Å². The monoisotopic (exact) mass is 470 g/mol. The van der Waals surface area contributed by atoms with E-state index in [1.807, 2.05) is 29.2 Å². The molecule has 2 aromatic carbocycles. The largest absolute Gasteiger partial charge is 0.347 e. The summed E-state index contributed by atoms with van der Waals surface area (Å²) in [6.45, 7) is 10.1. The maximum absolute atomic E-state index is 12.8. The lowest BCUT2D eigenvalue weighted by atomic mass is 9.86. The summed E-state index contributed by atoms with van der Waals surface area (Å²) in [5.74, 6) is -1.36. The van der Waals surface area contributed by atoms with Crippen molar-refractivity contribution < 1.29 is 14.4 Å². The topological polar surface area (TPSA) is 81.8 Å². The number of hydrogen-bond donors (Lipinski definition) is 2. The highest BCUT2D eigenvalue weighted by atomic mass is 35.5. The molecule has 33 heavy (non-hydrogen) atoms. The Kier molecular flexibility index (Phi) is 8.10. The van der Waals surface area contributed by atoms with Gasteiger partial charge in [-0.25, -0.2) is 0 Å². The molecule has 0 aliphatic carbocycles. The highest BCUT2D eigenvalue weighted by molar-refractivity contribution is 6.39. The molecule has 0 unspecified atom stereocenters. The summed E-state index contributed by atoms with van der Waals surface area (Å²) < 4.78 is 0. The van der Waals surface area contributed by atoms with Crippen molar-refractivity contribution in [1.82, 2.24) is 15.1 Å². The molecule has 1 aliphatic heterocycles. The number of piperazine rings is 1. The van der Waals surface area contributed by atoms with E-state index < -0.39 is 11.8 Å². The average molecular weight is 471 g/mol. The van der Waals surface area contributed by atoms with Gasteiger partial charge in [0.25, 0.3) is 5.91 Å². The van der Waals surface area contributed by atoms with E-state index >= 15 is 0 Å².